The Hall–Kier alpha value is -0.900. The SMILES string of the molecule is CCCc1nc(C2(N)CCCC(C)CC2)no1. The second-order valence-corrected chi connectivity index (χ2v) is 5.45. The van der Waals surface area contributed by atoms with E-state index in [2.05, 4.69) is 24.0 Å². The number of hydrogen-bond acceptors (Lipinski definition) is 4. The molecule has 1 aliphatic carbocycles. The number of nitrogens with zero attached hydrogens (tertiary/aromatic N) is 2. The zero-order chi connectivity index (χ0) is 12.3. The summed E-state index contributed by atoms with van der Waals surface area (Å²) in [6.45, 7) is 4.40. The Bertz CT molecular complexity index is 363. The first-order chi connectivity index (χ1) is 8.14. The highest BCUT2D eigenvalue weighted by molar-refractivity contribution is 5.05. The summed E-state index contributed by atoms with van der Waals surface area (Å²) < 4.78 is 5.25. The average Bonchev–Trinajstić information content (AvgIpc) is 2.69. The van der Waals surface area contributed by atoms with E-state index >= 15 is 0 Å². The topological polar surface area (TPSA) is 64.9 Å². The fourth-order valence-corrected chi connectivity index (χ4v) is 2.54. The maximum absolute atomic E-state index is 6.47. The molecule has 0 radical (unpaired) electrons. The van der Waals surface area contributed by atoms with Crippen molar-refractivity contribution < 1.29 is 4.52 Å². The highest BCUT2D eigenvalue weighted by atomic mass is 16.5. The van der Waals surface area contributed by atoms with Gasteiger partial charge in [-0.05, 0) is 31.6 Å². The smallest absolute Gasteiger partial charge is 0.226 e. The van der Waals surface area contributed by atoms with E-state index in [4.69, 9.17) is 10.3 Å². The summed E-state index contributed by atoms with van der Waals surface area (Å²) in [5.74, 6) is 2.21. The van der Waals surface area contributed by atoms with E-state index in [-0.39, 0.29) is 5.54 Å². The van der Waals surface area contributed by atoms with Crippen LogP contribution < -0.4 is 5.73 Å². The fourth-order valence-electron chi connectivity index (χ4n) is 2.54. The minimum atomic E-state index is -0.361. The van der Waals surface area contributed by atoms with Crippen molar-refractivity contribution in [2.45, 2.75) is 64.3 Å². The standard InChI is InChI=1S/C13H23N3O/c1-3-5-11-15-12(16-17-11)13(14)8-4-6-10(2)7-9-13/h10H,3-9,14H2,1-2H3. The van der Waals surface area contributed by atoms with Crippen LogP contribution in [0.2, 0.25) is 0 Å². The van der Waals surface area contributed by atoms with Gasteiger partial charge in [0.05, 0.1) is 5.54 Å². The Morgan fingerprint density at radius 3 is 3.00 bits per heavy atom. The minimum Gasteiger partial charge on any atom is -0.339 e. The summed E-state index contributed by atoms with van der Waals surface area (Å²) in [5, 5.41) is 4.09. The first-order valence-electron chi connectivity index (χ1n) is 6.76. The van der Waals surface area contributed by atoms with Crippen LogP contribution in [0.5, 0.6) is 0 Å². The normalized spacial score (nSPS) is 30.2. The Kier molecular flexibility index (Phi) is 3.82. The molecule has 4 heteroatoms. The van der Waals surface area contributed by atoms with Gasteiger partial charge in [-0.1, -0.05) is 31.8 Å². The quantitative estimate of drug-likeness (QED) is 0.821. The number of aromatic nitrogens is 2. The maximum atomic E-state index is 6.47. The van der Waals surface area contributed by atoms with Crippen LogP contribution in [0.15, 0.2) is 4.52 Å². The van der Waals surface area contributed by atoms with Gasteiger partial charge in [-0.25, -0.2) is 0 Å². The van der Waals surface area contributed by atoms with Crippen LogP contribution in [0, 0.1) is 5.92 Å². The van der Waals surface area contributed by atoms with Gasteiger partial charge in [-0.3, -0.25) is 0 Å². The van der Waals surface area contributed by atoms with Crippen LogP contribution in [-0.2, 0) is 12.0 Å². The third-order valence-corrected chi connectivity index (χ3v) is 3.78. The Morgan fingerprint density at radius 1 is 1.41 bits per heavy atom. The molecule has 2 unspecified atom stereocenters. The number of rotatable bonds is 3. The molecule has 1 heterocycles. The second-order valence-electron chi connectivity index (χ2n) is 5.45. The number of hydrogen-bond donors (Lipinski definition) is 1. The van der Waals surface area contributed by atoms with Crippen LogP contribution in [0.4, 0.5) is 0 Å². The summed E-state index contributed by atoms with van der Waals surface area (Å²) in [5.41, 5.74) is 6.11. The van der Waals surface area contributed by atoms with Gasteiger partial charge in [0, 0.05) is 6.42 Å². The summed E-state index contributed by atoms with van der Waals surface area (Å²) >= 11 is 0. The molecule has 1 aliphatic rings. The van der Waals surface area contributed by atoms with Crippen LogP contribution in [0.3, 0.4) is 0 Å². The second kappa shape index (κ2) is 5.17. The van der Waals surface area contributed by atoms with Crippen LogP contribution >= 0.6 is 0 Å². The van der Waals surface area contributed by atoms with Crippen molar-refractivity contribution in [3.63, 3.8) is 0 Å². The van der Waals surface area contributed by atoms with Gasteiger partial charge in [0.1, 0.15) is 0 Å². The molecule has 1 saturated carbocycles. The van der Waals surface area contributed by atoms with Crippen LogP contribution in [0.25, 0.3) is 0 Å². The molecule has 4 nitrogen and oxygen atoms in total. The van der Waals surface area contributed by atoms with E-state index in [9.17, 15) is 0 Å². The molecule has 0 aliphatic heterocycles. The van der Waals surface area contributed by atoms with Gasteiger partial charge in [0.2, 0.25) is 5.89 Å². The van der Waals surface area contributed by atoms with Gasteiger partial charge in [0.15, 0.2) is 5.82 Å². The van der Waals surface area contributed by atoms with Crippen LogP contribution in [-0.4, -0.2) is 10.1 Å². The van der Waals surface area contributed by atoms with Gasteiger partial charge >= 0.3 is 0 Å². The van der Waals surface area contributed by atoms with Gasteiger partial charge in [-0.2, -0.15) is 4.98 Å². The fraction of sp³-hybridized carbons (Fsp3) is 0.846. The summed E-state index contributed by atoms with van der Waals surface area (Å²) in [6.07, 6.45) is 7.40. The molecule has 0 saturated heterocycles. The lowest BCUT2D eigenvalue weighted by molar-refractivity contribution is 0.321. The molecule has 2 rings (SSSR count). The summed E-state index contributed by atoms with van der Waals surface area (Å²) in [6, 6.07) is 0. The third kappa shape index (κ3) is 2.86. The van der Waals surface area contributed by atoms with Crippen molar-refractivity contribution in [2.75, 3.05) is 0 Å². The lowest BCUT2D eigenvalue weighted by Gasteiger charge is -2.23. The summed E-state index contributed by atoms with van der Waals surface area (Å²) in [7, 11) is 0. The Morgan fingerprint density at radius 2 is 2.24 bits per heavy atom. The highest BCUT2D eigenvalue weighted by Crippen LogP contribution is 2.34. The van der Waals surface area contributed by atoms with Crippen molar-refractivity contribution in [2.24, 2.45) is 11.7 Å². The number of nitrogens with two attached hydrogens (primary N) is 1. The van der Waals surface area contributed by atoms with E-state index in [1.165, 1.54) is 6.42 Å². The Labute approximate surface area is 103 Å². The lowest BCUT2D eigenvalue weighted by atomic mass is 9.90. The van der Waals surface area contributed by atoms with E-state index in [1.54, 1.807) is 0 Å². The lowest BCUT2D eigenvalue weighted by Crippen LogP contribution is -2.37. The molecule has 0 amide bonds. The molecule has 2 N–H and O–H groups in total. The number of aryl methyl sites for hydroxylation is 1. The Balaban J connectivity index is 2.12. The minimum absolute atomic E-state index is 0.361. The van der Waals surface area contributed by atoms with E-state index in [0.717, 1.165) is 56.2 Å². The zero-order valence-corrected chi connectivity index (χ0v) is 10.9. The summed E-state index contributed by atoms with van der Waals surface area (Å²) in [4.78, 5) is 4.46. The molecule has 0 spiro atoms. The monoisotopic (exact) mass is 237 g/mol. The molecule has 2 atom stereocenters. The highest BCUT2D eigenvalue weighted by Gasteiger charge is 2.34. The predicted octanol–water partition coefficient (Wildman–Crippen LogP) is 2.78. The van der Waals surface area contributed by atoms with Gasteiger partial charge < -0.3 is 10.3 Å². The molecule has 1 aromatic heterocycles. The largest absolute Gasteiger partial charge is 0.339 e. The van der Waals surface area contributed by atoms with Crippen LogP contribution in [0.1, 0.15) is 64.1 Å². The maximum Gasteiger partial charge on any atom is 0.226 e. The molecular formula is C13H23N3O. The molecule has 0 aromatic carbocycles. The van der Waals surface area contributed by atoms with Crippen molar-refractivity contribution in [3.8, 4) is 0 Å². The van der Waals surface area contributed by atoms with E-state index < -0.39 is 0 Å². The van der Waals surface area contributed by atoms with Crippen molar-refractivity contribution in [1.29, 1.82) is 0 Å². The molecule has 0 bridgehead atoms. The van der Waals surface area contributed by atoms with Crippen molar-refractivity contribution in [3.05, 3.63) is 11.7 Å². The molecule has 96 valence electrons. The van der Waals surface area contributed by atoms with Crippen molar-refractivity contribution >= 4 is 0 Å². The molecule has 1 aromatic rings. The predicted molar refractivity (Wildman–Crippen MR) is 66.4 cm³/mol. The first kappa shape index (κ1) is 12.6. The molecule has 1 fully saturated rings. The van der Waals surface area contributed by atoms with E-state index in [0.29, 0.717) is 0 Å². The third-order valence-electron chi connectivity index (χ3n) is 3.78. The molecule has 17 heavy (non-hydrogen) atoms. The first-order valence-corrected chi connectivity index (χ1v) is 6.76. The zero-order valence-electron chi connectivity index (χ0n) is 10.9. The van der Waals surface area contributed by atoms with Crippen molar-refractivity contribution in [1.82, 2.24) is 10.1 Å². The van der Waals surface area contributed by atoms with Gasteiger partial charge in [0.25, 0.3) is 0 Å². The average molecular weight is 237 g/mol. The van der Waals surface area contributed by atoms with Gasteiger partial charge in [-0.15, -0.1) is 0 Å². The molecular weight excluding hydrogens is 214 g/mol. The van der Waals surface area contributed by atoms with E-state index in [1.807, 2.05) is 0 Å².